The van der Waals surface area contributed by atoms with E-state index in [1.54, 1.807) is 12.5 Å². The minimum atomic E-state index is 0.479. The zero-order valence-corrected chi connectivity index (χ0v) is 15.9. The Kier molecular flexibility index (Phi) is 4.09. The molecule has 0 radical (unpaired) electrons. The van der Waals surface area contributed by atoms with Crippen LogP contribution in [-0.4, -0.2) is 29.9 Å². The number of benzene rings is 2. The van der Waals surface area contributed by atoms with Crippen LogP contribution < -0.4 is 11.1 Å². The number of aromatic amines is 2. The van der Waals surface area contributed by atoms with Gasteiger partial charge in [0.1, 0.15) is 11.6 Å². The topological polar surface area (TPSA) is 121 Å². The number of rotatable bonds is 5. The van der Waals surface area contributed by atoms with Gasteiger partial charge in [0.05, 0.1) is 28.4 Å². The van der Waals surface area contributed by atoms with Crippen LogP contribution in [0, 0.1) is 6.92 Å². The number of nitrogens with zero attached hydrogens (tertiary/aromatic N) is 4. The molecule has 5 N–H and O–H groups in total. The van der Waals surface area contributed by atoms with E-state index in [4.69, 9.17) is 5.73 Å². The highest BCUT2D eigenvalue weighted by Crippen LogP contribution is 2.19. The number of fused-ring (bicyclic) bond motifs is 2. The molecule has 3 heterocycles. The van der Waals surface area contributed by atoms with Gasteiger partial charge in [0, 0.05) is 24.7 Å². The van der Waals surface area contributed by atoms with Crippen LogP contribution in [0.2, 0.25) is 0 Å². The maximum absolute atomic E-state index is 6.18. The summed E-state index contributed by atoms with van der Waals surface area (Å²) in [6.07, 6.45) is 4.14. The SMILES string of the molecule is Cc1nc2ccc(CNc3ncc(Cc4ccc5nc[nH]c5c4)c(N)n3)cc2[nH]1. The lowest BCUT2D eigenvalue weighted by atomic mass is 10.1. The molecule has 0 bridgehead atoms. The van der Waals surface area contributed by atoms with Crippen LogP contribution in [0.1, 0.15) is 22.5 Å². The standard InChI is InChI=1S/C21H20N8/c1-12-27-17-5-3-14(8-19(17)28-12)9-23-21-24-10-15(20(22)29-21)6-13-2-4-16-18(7-13)26-11-25-16/h2-5,7-8,10-11H,6,9H2,1H3,(H,25,26)(H,27,28)(H3,22,23,24,29). The summed E-state index contributed by atoms with van der Waals surface area (Å²) in [6.45, 7) is 2.55. The number of nitrogens with one attached hydrogen (secondary N) is 3. The third-order valence-corrected chi connectivity index (χ3v) is 4.89. The van der Waals surface area contributed by atoms with E-state index < -0.39 is 0 Å². The summed E-state index contributed by atoms with van der Waals surface area (Å²) < 4.78 is 0. The summed E-state index contributed by atoms with van der Waals surface area (Å²) in [5.74, 6) is 1.89. The first-order valence-corrected chi connectivity index (χ1v) is 9.36. The second kappa shape index (κ2) is 6.90. The highest BCUT2D eigenvalue weighted by molar-refractivity contribution is 5.76. The summed E-state index contributed by atoms with van der Waals surface area (Å²) in [4.78, 5) is 23.9. The van der Waals surface area contributed by atoms with Crippen LogP contribution in [-0.2, 0) is 13.0 Å². The van der Waals surface area contributed by atoms with Crippen LogP contribution in [0.25, 0.3) is 22.1 Å². The predicted octanol–water partition coefficient (Wildman–Crippen LogP) is 3.32. The maximum atomic E-state index is 6.18. The number of hydrogen-bond acceptors (Lipinski definition) is 6. The van der Waals surface area contributed by atoms with E-state index in [-0.39, 0.29) is 0 Å². The highest BCUT2D eigenvalue weighted by atomic mass is 15.1. The van der Waals surface area contributed by atoms with E-state index in [0.717, 1.165) is 44.6 Å². The number of nitrogen functional groups attached to an aromatic ring is 1. The van der Waals surface area contributed by atoms with Crippen molar-refractivity contribution in [1.82, 2.24) is 29.9 Å². The molecule has 2 aromatic carbocycles. The van der Waals surface area contributed by atoms with Gasteiger partial charge in [-0.3, -0.25) is 0 Å². The number of anilines is 2. The Hall–Kier alpha value is -3.94. The van der Waals surface area contributed by atoms with E-state index in [0.29, 0.717) is 24.7 Å². The number of imidazole rings is 2. The van der Waals surface area contributed by atoms with Gasteiger partial charge in [0.2, 0.25) is 5.95 Å². The van der Waals surface area contributed by atoms with Crippen molar-refractivity contribution in [2.24, 2.45) is 0 Å². The zero-order chi connectivity index (χ0) is 19.8. The Morgan fingerprint density at radius 2 is 1.79 bits per heavy atom. The first kappa shape index (κ1) is 17.2. The molecule has 0 aliphatic rings. The molecule has 8 heteroatoms. The number of hydrogen-bond donors (Lipinski definition) is 4. The largest absolute Gasteiger partial charge is 0.383 e. The molecule has 0 saturated carbocycles. The summed E-state index contributed by atoms with van der Waals surface area (Å²) in [5.41, 5.74) is 13.2. The summed E-state index contributed by atoms with van der Waals surface area (Å²) in [7, 11) is 0. The minimum absolute atomic E-state index is 0.479. The van der Waals surface area contributed by atoms with Crippen molar-refractivity contribution in [3.05, 3.63) is 71.4 Å². The third-order valence-electron chi connectivity index (χ3n) is 4.89. The van der Waals surface area contributed by atoms with Gasteiger partial charge in [-0.05, 0) is 42.3 Å². The lowest BCUT2D eigenvalue weighted by Gasteiger charge is -2.09. The molecule has 5 rings (SSSR count). The molecule has 0 amide bonds. The van der Waals surface area contributed by atoms with Crippen LogP contribution in [0.4, 0.5) is 11.8 Å². The van der Waals surface area contributed by atoms with Crippen molar-refractivity contribution in [3.63, 3.8) is 0 Å². The molecule has 0 aliphatic carbocycles. The van der Waals surface area contributed by atoms with Gasteiger partial charge in [-0.25, -0.2) is 15.0 Å². The van der Waals surface area contributed by atoms with E-state index >= 15 is 0 Å². The van der Waals surface area contributed by atoms with Crippen LogP contribution in [0.5, 0.6) is 0 Å². The number of H-pyrrole nitrogens is 2. The summed E-state index contributed by atoms with van der Waals surface area (Å²) >= 11 is 0. The van der Waals surface area contributed by atoms with Gasteiger partial charge in [-0.1, -0.05) is 12.1 Å². The van der Waals surface area contributed by atoms with Crippen LogP contribution in [0.3, 0.4) is 0 Å². The molecule has 0 unspecified atom stereocenters. The molecule has 0 saturated heterocycles. The first-order valence-electron chi connectivity index (χ1n) is 9.36. The van der Waals surface area contributed by atoms with Gasteiger partial charge in [0.15, 0.2) is 0 Å². The van der Waals surface area contributed by atoms with Crippen LogP contribution in [0.15, 0.2) is 48.9 Å². The minimum Gasteiger partial charge on any atom is -0.383 e. The fourth-order valence-electron chi connectivity index (χ4n) is 3.43. The Balaban J connectivity index is 1.29. The van der Waals surface area contributed by atoms with Crippen molar-refractivity contribution in [2.45, 2.75) is 19.9 Å². The van der Waals surface area contributed by atoms with Crippen molar-refractivity contribution < 1.29 is 0 Å². The molecule has 0 spiro atoms. The summed E-state index contributed by atoms with van der Waals surface area (Å²) in [5, 5.41) is 3.24. The number of aromatic nitrogens is 6. The monoisotopic (exact) mass is 384 g/mol. The average Bonchev–Trinajstić information content (AvgIpc) is 3.32. The fraction of sp³-hybridized carbons (Fsp3) is 0.143. The van der Waals surface area contributed by atoms with Crippen molar-refractivity contribution in [2.75, 3.05) is 11.1 Å². The van der Waals surface area contributed by atoms with E-state index in [1.165, 1.54) is 0 Å². The molecule has 5 aromatic rings. The number of nitrogens with two attached hydrogens (primary N) is 1. The lowest BCUT2D eigenvalue weighted by Crippen LogP contribution is -2.07. The molecule has 144 valence electrons. The molecule has 0 fully saturated rings. The summed E-state index contributed by atoms with van der Waals surface area (Å²) in [6, 6.07) is 12.2. The highest BCUT2D eigenvalue weighted by Gasteiger charge is 2.08. The molecular weight excluding hydrogens is 364 g/mol. The first-order chi connectivity index (χ1) is 14.1. The predicted molar refractivity (Wildman–Crippen MR) is 114 cm³/mol. The van der Waals surface area contributed by atoms with Gasteiger partial charge in [-0.2, -0.15) is 4.98 Å². The Morgan fingerprint density at radius 3 is 2.69 bits per heavy atom. The normalized spacial score (nSPS) is 11.3. The van der Waals surface area contributed by atoms with Gasteiger partial charge in [0.25, 0.3) is 0 Å². The smallest absolute Gasteiger partial charge is 0.224 e. The molecule has 29 heavy (non-hydrogen) atoms. The van der Waals surface area contributed by atoms with E-state index in [2.05, 4.69) is 47.4 Å². The molecule has 8 nitrogen and oxygen atoms in total. The molecule has 0 aliphatic heterocycles. The second-order valence-corrected chi connectivity index (χ2v) is 7.06. The molecule has 3 aromatic heterocycles. The lowest BCUT2D eigenvalue weighted by molar-refractivity contribution is 1.03. The molecule has 0 atom stereocenters. The molecular formula is C21H20N8. The van der Waals surface area contributed by atoms with E-state index in [1.807, 2.05) is 31.2 Å². The maximum Gasteiger partial charge on any atom is 0.224 e. The van der Waals surface area contributed by atoms with E-state index in [9.17, 15) is 0 Å². The van der Waals surface area contributed by atoms with Crippen molar-refractivity contribution in [1.29, 1.82) is 0 Å². The Labute approximate surface area is 166 Å². The Bertz CT molecular complexity index is 1320. The van der Waals surface area contributed by atoms with Crippen molar-refractivity contribution in [3.8, 4) is 0 Å². The quantitative estimate of drug-likeness (QED) is 0.369. The van der Waals surface area contributed by atoms with Gasteiger partial charge in [-0.15, -0.1) is 0 Å². The number of aryl methyl sites for hydroxylation is 1. The Morgan fingerprint density at radius 1 is 0.966 bits per heavy atom. The van der Waals surface area contributed by atoms with Crippen molar-refractivity contribution >= 4 is 33.8 Å². The third kappa shape index (κ3) is 3.47. The zero-order valence-electron chi connectivity index (χ0n) is 15.9. The fourth-order valence-corrected chi connectivity index (χ4v) is 3.43. The average molecular weight is 384 g/mol. The van der Waals surface area contributed by atoms with Gasteiger partial charge < -0.3 is 21.0 Å². The van der Waals surface area contributed by atoms with Crippen LogP contribution >= 0.6 is 0 Å². The second-order valence-electron chi connectivity index (χ2n) is 7.06. The van der Waals surface area contributed by atoms with Gasteiger partial charge >= 0.3 is 0 Å².